The SMILES string of the molecule is CCNC(CC(C)=O)C(C)=O.CCNC(CC(C)=O)C(C)=O.CCNCCN(CC)CCNCC. The van der Waals surface area contributed by atoms with Crippen molar-refractivity contribution < 1.29 is 19.2 Å². The smallest absolute Gasteiger partial charge is 0.147 e. The van der Waals surface area contributed by atoms with Gasteiger partial charge in [0.1, 0.15) is 23.1 Å². The fourth-order valence-electron chi connectivity index (χ4n) is 3.04. The van der Waals surface area contributed by atoms with E-state index in [1.165, 1.54) is 27.7 Å². The molecular formula is C26H55N5O4. The summed E-state index contributed by atoms with van der Waals surface area (Å²) in [4.78, 5) is 45.5. The zero-order valence-electron chi connectivity index (χ0n) is 24.0. The van der Waals surface area contributed by atoms with Gasteiger partial charge in [-0.25, -0.2) is 0 Å². The highest BCUT2D eigenvalue weighted by Gasteiger charge is 2.14. The van der Waals surface area contributed by atoms with Gasteiger partial charge in [-0.1, -0.05) is 34.6 Å². The van der Waals surface area contributed by atoms with E-state index in [2.05, 4.69) is 46.9 Å². The Morgan fingerprint density at radius 3 is 1.14 bits per heavy atom. The molecule has 0 aliphatic carbocycles. The Labute approximate surface area is 214 Å². The number of carbonyl (C=O) groups excluding carboxylic acids is 4. The summed E-state index contributed by atoms with van der Waals surface area (Å²) < 4.78 is 0. The van der Waals surface area contributed by atoms with Gasteiger partial charge in [-0.3, -0.25) is 19.2 Å². The van der Waals surface area contributed by atoms with Crippen molar-refractivity contribution >= 4 is 23.1 Å². The summed E-state index contributed by atoms with van der Waals surface area (Å²) >= 11 is 0. The van der Waals surface area contributed by atoms with Crippen LogP contribution in [-0.4, -0.2) is 99.0 Å². The quantitative estimate of drug-likeness (QED) is 0.196. The number of ketones is 4. The molecule has 0 heterocycles. The van der Waals surface area contributed by atoms with Gasteiger partial charge in [-0.2, -0.15) is 0 Å². The van der Waals surface area contributed by atoms with E-state index in [9.17, 15) is 19.2 Å². The van der Waals surface area contributed by atoms with Gasteiger partial charge in [0.25, 0.3) is 0 Å². The third kappa shape index (κ3) is 28.6. The molecule has 0 bridgehead atoms. The Balaban J connectivity index is -0.000000441. The number of rotatable bonds is 19. The monoisotopic (exact) mass is 501 g/mol. The molecule has 0 aliphatic rings. The minimum absolute atomic E-state index is 0.0297. The van der Waals surface area contributed by atoms with Gasteiger partial charge < -0.3 is 26.2 Å². The van der Waals surface area contributed by atoms with Crippen LogP contribution in [0.15, 0.2) is 0 Å². The van der Waals surface area contributed by atoms with Gasteiger partial charge in [-0.15, -0.1) is 0 Å². The molecular weight excluding hydrogens is 446 g/mol. The molecule has 0 fully saturated rings. The van der Waals surface area contributed by atoms with Gasteiger partial charge in [0.05, 0.1) is 12.1 Å². The summed E-state index contributed by atoms with van der Waals surface area (Å²) in [7, 11) is 0. The number of hydrogen-bond donors (Lipinski definition) is 4. The second kappa shape index (κ2) is 27.1. The molecule has 0 aromatic carbocycles. The van der Waals surface area contributed by atoms with Crippen LogP contribution in [0, 0.1) is 0 Å². The number of hydrogen-bond acceptors (Lipinski definition) is 9. The maximum Gasteiger partial charge on any atom is 0.147 e. The molecule has 2 atom stereocenters. The van der Waals surface area contributed by atoms with Crippen LogP contribution in [0.4, 0.5) is 0 Å². The Bertz CT molecular complexity index is 512. The molecule has 0 aliphatic heterocycles. The molecule has 0 rings (SSSR count). The van der Waals surface area contributed by atoms with Crippen LogP contribution in [0.5, 0.6) is 0 Å². The topological polar surface area (TPSA) is 120 Å². The van der Waals surface area contributed by atoms with Crippen LogP contribution in [0.1, 0.15) is 75.2 Å². The summed E-state index contributed by atoms with van der Waals surface area (Å²) in [6.45, 7) is 25.6. The minimum atomic E-state index is -0.280. The fourth-order valence-corrected chi connectivity index (χ4v) is 3.04. The van der Waals surface area contributed by atoms with Crippen molar-refractivity contribution in [2.75, 3.05) is 58.9 Å². The third-order valence-corrected chi connectivity index (χ3v) is 5.02. The van der Waals surface area contributed by atoms with E-state index in [0.717, 1.165) is 58.9 Å². The van der Waals surface area contributed by atoms with Crippen LogP contribution in [0.2, 0.25) is 0 Å². The van der Waals surface area contributed by atoms with Crippen molar-refractivity contribution in [1.29, 1.82) is 0 Å². The van der Waals surface area contributed by atoms with Crippen molar-refractivity contribution in [2.24, 2.45) is 0 Å². The second-order valence-electron chi connectivity index (χ2n) is 8.40. The molecule has 208 valence electrons. The minimum Gasteiger partial charge on any atom is -0.316 e. The lowest BCUT2D eigenvalue weighted by Crippen LogP contribution is -2.36. The van der Waals surface area contributed by atoms with Crippen LogP contribution >= 0.6 is 0 Å². The number of nitrogens with one attached hydrogen (secondary N) is 4. The summed E-state index contributed by atoms with van der Waals surface area (Å²) in [5.41, 5.74) is 0. The van der Waals surface area contributed by atoms with E-state index in [0.29, 0.717) is 12.8 Å². The average molecular weight is 502 g/mol. The van der Waals surface area contributed by atoms with Crippen molar-refractivity contribution in [3.8, 4) is 0 Å². The first-order valence-corrected chi connectivity index (χ1v) is 13.1. The molecule has 0 amide bonds. The van der Waals surface area contributed by atoms with Crippen molar-refractivity contribution in [3.63, 3.8) is 0 Å². The molecule has 9 nitrogen and oxygen atoms in total. The van der Waals surface area contributed by atoms with Gasteiger partial charge in [0.2, 0.25) is 0 Å². The zero-order chi connectivity index (χ0) is 27.6. The lowest BCUT2D eigenvalue weighted by atomic mass is 10.1. The molecule has 0 saturated carbocycles. The number of likely N-dealkylation sites (N-methyl/N-ethyl adjacent to an activating group) is 5. The maximum absolute atomic E-state index is 10.9. The van der Waals surface area contributed by atoms with Gasteiger partial charge in [-0.05, 0) is 60.4 Å². The van der Waals surface area contributed by atoms with Gasteiger partial charge in [0.15, 0.2) is 0 Å². The predicted molar refractivity (Wildman–Crippen MR) is 146 cm³/mol. The van der Waals surface area contributed by atoms with Crippen LogP contribution in [0.25, 0.3) is 0 Å². The maximum atomic E-state index is 10.9. The van der Waals surface area contributed by atoms with Crippen molar-refractivity contribution in [1.82, 2.24) is 26.2 Å². The number of carbonyl (C=O) groups is 4. The van der Waals surface area contributed by atoms with Crippen LogP contribution in [0.3, 0.4) is 0 Å². The van der Waals surface area contributed by atoms with E-state index in [4.69, 9.17) is 0 Å². The Morgan fingerprint density at radius 1 is 0.600 bits per heavy atom. The lowest BCUT2D eigenvalue weighted by Gasteiger charge is -2.20. The number of Topliss-reactive ketones (excluding diaryl/α,β-unsaturated/α-hetero) is 4. The normalized spacial score (nSPS) is 12.1. The summed E-state index contributed by atoms with van der Waals surface area (Å²) in [5, 5.41) is 12.6. The fraction of sp³-hybridized carbons (Fsp3) is 0.846. The van der Waals surface area contributed by atoms with E-state index < -0.39 is 0 Å². The lowest BCUT2D eigenvalue weighted by molar-refractivity contribution is -0.124. The van der Waals surface area contributed by atoms with E-state index in [-0.39, 0.29) is 35.2 Å². The predicted octanol–water partition coefficient (Wildman–Crippen LogP) is 1.59. The highest BCUT2D eigenvalue weighted by atomic mass is 16.1. The van der Waals surface area contributed by atoms with Crippen molar-refractivity contribution in [2.45, 2.75) is 87.2 Å². The molecule has 35 heavy (non-hydrogen) atoms. The zero-order valence-corrected chi connectivity index (χ0v) is 24.0. The number of nitrogens with zero attached hydrogens (tertiary/aromatic N) is 1. The molecule has 0 radical (unpaired) electrons. The highest BCUT2D eigenvalue weighted by Crippen LogP contribution is 1.95. The summed E-state index contributed by atoms with van der Waals surface area (Å²) in [6.07, 6.45) is 0.617. The molecule has 0 aromatic rings. The molecule has 0 saturated heterocycles. The second-order valence-corrected chi connectivity index (χ2v) is 8.40. The molecule has 2 unspecified atom stereocenters. The standard InChI is InChI=1S/C10H25N3.2C8H15NO2/c1-4-11-7-9-13(6-3)10-8-12-5-2;2*1-4-9-8(7(3)11)5-6(2)10/h11-12H,4-10H2,1-3H3;2*8-9H,4-5H2,1-3H3. The van der Waals surface area contributed by atoms with E-state index >= 15 is 0 Å². The molecule has 0 spiro atoms. The van der Waals surface area contributed by atoms with Crippen molar-refractivity contribution in [3.05, 3.63) is 0 Å². The van der Waals surface area contributed by atoms with Crippen LogP contribution in [-0.2, 0) is 19.2 Å². The summed E-state index contributed by atoms with van der Waals surface area (Å²) in [5.74, 6) is 0.154. The Kier molecular flexibility index (Phi) is 29.4. The molecule has 9 heteroatoms. The Morgan fingerprint density at radius 2 is 0.943 bits per heavy atom. The largest absolute Gasteiger partial charge is 0.316 e. The molecule has 4 N–H and O–H groups in total. The first-order valence-electron chi connectivity index (χ1n) is 13.1. The summed E-state index contributed by atoms with van der Waals surface area (Å²) in [6, 6.07) is -0.560. The highest BCUT2D eigenvalue weighted by molar-refractivity contribution is 5.88. The molecule has 0 aromatic heterocycles. The Hall–Kier alpha value is -1.52. The first kappa shape index (κ1) is 38.0. The third-order valence-electron chi connectivity index (χ3n) is 5.02. The average Bonchev–Trinajstić information content (AvgIpc) is 2.78. The van der Waals surface area contributed by atoms with Crippen LogP contribution < -0.4 is 21.3 Å². The van der Waals surface area contributed by atoms with E-state index in [1.807, 2.05) is 13.8 Å². The van der Waals surface area contributed by atoms with Gasteiger partial charge >= 0.3 is 0 Å². The van der Waals surface area contributed by atoms with Gasteiger partial charge in [0, 0.05) is 39.0 Å². The van der Waals surface area contributed by atoms with E-state index in [1.54, 1.807) is 0 Å². The first-order chi connectivity index (χ1) is 16.5.